The number of aryl methyl sites for hydroxylation is 1. The lowest BCUT2D eigenvalue weighted by Crippen LogP contribution is -2.50. The van der Waals surface area contributed by atoms with Gasteiger partial charge in [-0.2, -0.15) is 0 Å². The van der Waals surface area contributed by atoms with Crippen molar-refractivity contribution in [2.24, 2.45) is 5.41 Å². The average Bonchev–Trinajstić information content (AvgIpc) is 3.62. The Morgan fingerprint density at radius 3 is 2.33 bits per heavy atom. The highest BCUT2D eigenvalue weighted by Gasteiger charge is 2.31. The molecule has 1 aromatic heterocycles. The first-order valence-electron chi connectivity index (χ1n) is 13.7. The Hall–Kier alpha value is -3.98. The summed E-state index contributed by atoms with van der Waals surface area (Å²) in [5.74, 6) is -0.429. The Kier molecular flexibility index (Phi) is 9.37. The number of hydrogen-bond acceptors (Lipinski definition) is 5. The number of imidazole rings is 1. The monoisotopic (exact) mass is 545 g/mol. The number of benzene rings is 2. The molecule has 0 bridgehead atoms. The van der Waals surface area contributed by atoms with Crippen molar-refractivity contribution in [2.45, 2.75) is 59.2 Å². The van der Waals surface area contributed by atoms with Gasteiger partial charge < -0.3 is 24.8 Å². The van der Waals surface area contributed by atoms with Gasteiger partial charge in [-0.05, 0) is 30.9 Å². The maximum atomic E-state index is 13.5. The lowest BCUT2D eigenvalue weighted by Gasteiger charge is -2.24. The van der Waals surface area contributed by atoms with Crippen LogP contribution in [0.1, 0.15) is 56.3 Å². The van der Waals surface area contributed by atoms with E-state index >= 15 is 0 Å². The second-order valence-corrected chi connectivity index (χ2v) is 11.3. The molecule has 212 valence electrons. The topological polar surface area (TPSA) is 106 Å². The lowest BCUT2D eigenvalue weighted by atomic mass is 9.95. The van der Waals surface area contributed by atoms with Gasteiger partial charge in [0.15, 0.2) is 5.82 Å². The molecule has 1 saturated heterocycles. The predicted octanol–water partition coefficient (Wildman–Crippen LogP) is 4.09. The van der Waals surface area contributed by atoms with Crippen molar-refractivity contribution >= 4 is 23.5 Å². The summed E-state index contributed by atoms with van der Waals surface area (Å²) in [7, 11) is 0. The average molecular weight is 546 g/mol. The molecule has 0 spiro atoms. The zero-order chi connectivity index (χ0) is 28.7. The number of anilines is 1. The van der Waals surface area contributed by atoms with E-state index in [1.807, 2.05) is 66.4 Å². The molecule has 40 heavy (non-hydrogen) atoms. The fourth-order valence-electron chi connectivity index (χ4n) is 4.48. The Bertz CT molecular complexity index is 1290. The first kappa shape index (κ1) is 29.0. The molecule has 2 aromatic carbocycles. The van der Waals surface area contributed by atoms with Gasteiger partial charge in [-0.25, -0.2) is 4.98 Å². The molecular weight excluding hydrogens is 506 g/mol. The molecule has 2 heterocycles. The van der Waals surface area contributed by atoms with Crippen molar-refractivity contribution in [3.63, 3.8) is 0 Å². The van der Waals surface area contributed by atoms with E-state index in [2.05, 4.69) is 15.6 Å². The maximum Gasteiger partial charge on any atom is 0.250 e. The molecule has 1 aliphatic heterocycles. The van der Waals surface area contributed by atoms with Gasteiger partial charge >= 0.3 is 0 Å². The third kappa shape index (κ3) is 7.57. The molecule has 1 unspecified atom stereocenters. The number of aromatic nitrogens is 2. The molecule has 3 amide bonds. The van der Waals surface area contributed by atoms with E-state index in [0.717, 1.165) is 42.6 Å². The van der Waals surface area contributed by atoms with Crippen molar-refractivity contribution in [2.75, 3.05) is 25.0 Å². The summed E-state index contributed by atoms with van der Waals surface area (Å²) in [6.07, 6.45) is 5.20. The predicted molar refractivity (Wildman–Crippen MR) is 153 cm³/mol. The molecule has 4 rings (SSSR count). The van der Waals surface area contributed by atoms with Crippen LogP contribution in [0.3, 0.4) is 0 Å². The first-order chi connectivity index (χ1) is 19.1. The number of hydrogen-bond donors (Lipinski definition) is 2. The van der Waals surface area contributed by atoms with E-state index in [4.69, 9.17) is 4.74 Å². The SMILES string of the molecule is Cc1ccc(C(C(=O)N2CCCC2)n2cnc(NC(=O)[C@@H](COCc3ccccc3)NC(=O)C(C)(C)C)c2)cc1. The highest BCUT2D eigenvalue weighted by atomic mass is 16.5. The Morgan fingerprint density at radius 2 is 1.68 bits per heavy atom. The van der Waals surface area contributed by atoms with Gasteiger partial charge in [-0.1, -0.05) is 80.9 Å². The number of ether oxygens (including phenoxy) is 1. The van der Waals surface area contributed by atoms with Crippen LogP contribution in [0.15, 0.2) is 67.1 Å². The van der Waals surface area contributed by atoms with Gasteiger partial charge in [0.2, 0.25) is 11.8 Å². The Labute approximate surface area is 235 Å². The van der Waals surface area contributed by atoms with Crippen molar-refractivity contribution in [1.29, 1.82) is 0 Å². The summed E-state index contributed by atoms with van der Waals surface area (Å²) in [6.45, 7) is 9.12. The van der Waals surface area contributed by atoms with E-state index in [0.29, 0.717) is 6.61 Å². The number of nitrogens with one attached hydrogen (secondary N) is 2. The van der Waals surface area contributed by atoms with Crippen LogP contribution >= 0.6 is 0 Å². The van der Waals surface area contributed by atoms with Crippen LogP contribution in [0, 0.1) is 12.3 Å². The highest BCUT2D eigenvalue weighted by Crippen LogP contribution is 2.25. The molecule has 1 aliphatic rings. The van der Waals surface area contributed by atoms with Gasteiger partial charge in [0, 0.05) is 24.7 Å². The molecule has 0 aliphatic carbocycles. The van der Waals surface area contributed by atoms with Crippen molar-refractivity contribution in [3.8, 4) is 0 Å². The highest BCUT2D eigenvalue weighted by molar-refractivity contribution is 5.97. The third-order valence-electron chi connectivity index (χ3n) is 6.89. The fraction of sp³-hybridized carbons (Fsp3) is 0.419. The lowest BCUT2D eigenvalue weighted by molar-refractivity contribution is -0.133. The summed E-state index contributed by atoms with van der Waals surface area (Å²) in [6, 6.07) is 16.0. The van der Waals surface area contributed by atoms with E-state index in [1.54, 1.807) is 37.9 Å². The summed E-state index contributed by atoms with van der Waals surface area (Å²) >= 11 is 0. The second-order valence-electron chi connectivity index (χ2n) is 11.3. The van der Waals surface area contributed by atoms with Gasteiger partial charge in [0.1, 0.15) is 12.1 Å². The van der Waals surface area contributed by atoms with E-state index in [1.165, 1.54) is 0 Å². The van der Waals surface area contributed by atoms with Crippen LogP contribution in [0.2, 0.25) is 0 Å². The standard InChI is InChI=1S/C31H39N5O4/c1-22-12-14-24(15-13-22)27(29(38)35-16-8-9-17-35)36-18-26(32-21-36)34-28(37)25(33-30(39)31(2,3)4)20-40-19-23-10-6-5-7-11-23/h5-7,10-15,18,21,25,27H,8-9,16-17,19-20H2,1-4H3,(H,33,39)(H,34,37)/t25-,27?/m1/s1. The zero-order valence-electron chi connectivity index (χ0n) is 23.7. The third-order valence-corrected chi connectivity index (χ3v) is 6.89. The van der Waals surface area contributed by atoms with Crippen LogP contribution in [-0.4, -0.2) is 57.9 Å². The molecule has 0 radical (unpaired) electrons. The van der Waals surface area contributed by atoms with Crippen LogP contribution in [0.25, 0.3) is 0 Å². The molecule has 2 atom stereocenters. The number of likely N-dealkylation sites (tertiary alicyclic amines) is 1. The van der Waals surface area contributed by atoms with Crippen molar-refractivity contribution in [3.05, 3.63) is 83.8 Å². The van der Waals surface area contributed by atoms with E-state index < -0.39 is 23.4 Å². The van der Waals surface area contributed by atoms with Crippen LogP contribution in [0.4, 0.5) is 5.82 Å². The quantitative estimate of drug-likeness (QED) is 0.399. The van der Waals surface area contributed by atoms with E-state index in [9.17, 15) is 14.4 Å². The van der Waals surface area contributed by atoms with Crippen LogP contribution in [0.5, 0.6) is 0 Å². The Balaban J connectivity index is 1.50. The van der Waals surface area contributed by atoms with Crippen molar-refractivity contribution < 1.29 is 19.1 Å². The second kappa shape index (κ2) is 12.9. The minimum absolute atomic E-state index is 0.00117. The summed E-state index contributed by atoms with van der Waals surface area (Å²) in [4.78, 5) is 45.8. The number of rotatable bonds is 10. The number of carbonyl (C=O) groups is 3. The van der Waals surface area contributed by atoms with Gasteiger partial charge in [-0.3, -0.25) is 14.4 Å². The summed E-state index contributed by atoms with van der Waals surface area (Å²) in [5.41, 5.74) is 2.24. The largest absolute Gasteiger partial charge is 0.374 e. The maximum absolute atomic E-state index is 13.5. The van der Waals surface area contributed by atoms with Gasteiger partial charge in [0.05, 0.1) is 19.5 Å². The zero-order valence-corrected chi connectivity index (χ0v) is 23.7. The molecular formula is C31H39N5O4. The van der Waals surface area contributed by atoms with Gasteiger partial charge in [0.25, 0.3) is 5.91 Å². The molecule has 3 aromatic rings. The molecule has 0 saturated carbocycles. The molecule has 9 nitrogen and oxygen atoms in total. The first-order valence-corrected chi connectivity index (χ1v) is 13.7. The minimum Gasteiger partial charge on any atom is -0.374 e. The minimum atomic E-state index is -0.931. The normalized spacial score (nSPS) is 14.9. The smallest absolute Gasteiger partial charge is 0.250 e. The molecule has 9 heteroatoms. The van der Waals surface area contributed by atoms with Crippen molar-refractivity contribution in [1.82, 2.24) is 19.8 Å². The number of nitrogens with zero attached hydrogens (tertiary/aromatic N) is 3. The van der Waals surface area contributed by atoms with Gasteiger partial charge in [-0.15, -0.1) is 0 Å². The Morgan fingerprint density at radius 1 is 1.00 bits per heavy atom. The van der Waals surface area contributed by atoms with Crippen LogP contribution < -0.4 is 10.6 Å². The number of carbonyl (C=O) groups excluding carboxylic acids is 3. The number of amides is 3. The van der Waals surface area contributed by atoms with Crippen LogP contribution in [-0.2, 0) is 25.7 Å². The molecule has 1 fully saturated rings. The fourth-order valence-corrected chi connectivity index (χ4v) is 4.48. The summed E-state index contributed by atoms with van der Waals surface area (Å²) < 4.78 is 7.53. The summed E-state index contributed by atoms with van der Waals surface area (Å²) in [5, 5.41) is 5.61. The molecule has 2 N–H and O–H groups in total. The van der Waals surface area contributed by atoms with E-state index in [-0.39, 0.29) is 24.2 Å².